The average molecular weight is 386 g/mol. The van der Waals surface area contributed by atoms with Gasteiger partial charge < -0.3 is 5.32 Å². The van der Waals surface area contributed by atoms with Crippen LogP contribution in [-0.4, -0.2) is 15.9 Å². The Kier molecular flexibility index (Phi) is 5.70. The molecule has 1 N–H and O–H groups in total. The van der Waals surface area contributed by atoms with Crippen molar-refractivity contribution in [3.05, 3.63) is 77.1 Å². The minimum atomic E-state index is -0.00989. The first-order valence-corrected chi connectivity index (χ1v) is 10.4. The van der Waals surface area contributed by atoms with Gasteiger partial charge >= 0.3 is 0 Å². The van der Waals surface area contributed by atoms with E-state index in [0.29, 0.717) is 18.2 Å². The van der Waals surface area contributed by atoms with Gasteiger partial charge in [-0.05, 0) is 42.7 Å². The van der Waals surface area contributed by atoms with E-state index in [0.717, 1.165) is 48.3 Å². The molecule has 29 heavy (non-hydrogen) atoms. The van der Waals surface area contributed by atoms with Crippen molar-refractivity contribution in [3.63, 3.8) is 0 Å². The van der Waals surface area contributed by atoms with Crippen molar-refractivity contribution >= 4 is 11.7 Å². The second kappa shape index (κ2) is 8.56. The number of rotatable bonds is 6. The van der Waals surface area contributed by atoms with Crippen molar-refractivity contribution in [1.82, 2.24) is 9.97 Å². The summed E-state index contributed by atoms with van der Waals surface area (Å²) in [4.78, 5) is 22.5. The molecule has 1 aliphatic carbocycles. The first-order valence-electron chi connectivity index (χ1n) is 10.4. The van der Waals surface area contributed by atoms with Gasteiger partial charge in [0.15, 0.2) is 5.82 Å². The van der Waals surface area contributed by atoms with Crippen molar-refractivity contribution in [2.24, 2.45) is 5.92 Å². The van der Waals surface area contributed by atoms with Gasteiger partial charge in [-0.2, -0.15) is 0 Å². The molecule has 1 amide bonds. The summed E-state index contributed by atoms with van der Waals surface area (Å²) in [5, 5.41) is 3.05. The van der Waals surface area contributed by atoms with Crippen LogP contribution in [0.15, 0.2) is 54.6 Å². The highest BCUT2D eigenvalue weighted by Gasteiger charge is 2.22. The lowest BCUT2D eigenvalue weighted by atomic mass is 9.91. The van der Waals surface area contributed by atoms with Crippen molar-refractivity contribution in [1.29, 1.82) is 0 Å². The van der Waals surface area contributed by atoms with Crippen molar-refractivity contribution in [3.8, 4) is 11.3 Å². The van der Waals surface area contributed by atoms with Crippen LogP contribution in [0.5, 0.6) is 0 Å². The maximum absolute atomic E-state index is 12.6. The molecule has 1 aromatic heterocycles. The average Bonchev–Trinajstić information content (AvgIpc) is 2.73. The molecule has 0 fully saturated rings. The zero-order valence-corrected chi connectivity index (χ0v) is 17.1. The Morgan fingerprint density at radius 2 is 1.76 bits per heavy atom. The van der Waals surface area contributed by atoms with Gasteiger partial charge in [-0.15, -0.1) is 0 Å². The zero-order chi connectivity index (χ0) is 20.2. The first-order chi connectivity index (χ1) is 14.1. The molecule has 2 aromatic carbocycles. The molecule has 3 aromatic rings. The van der Waals surface area contributed by atoms with Crippen LogP contribution in [0.1, 0.15) is 42.8 Å². The lowest BCUT2D eigenvalue weighted by Gasteiger charge is -2.21. The lowest BCUT2D eigenvalue weighted by molar-refractivity contribution is -0.116. The standard InChI is InChI=1S/C25H27N3O/c1-17(2)16-22-25(28-23(29)15-12-18-8-4-3-5-9-18)27-21-14-13-19-10-6-7-11-20(19)24(21)26-22/h3-11,17H,12-16H2,1-2H3,(H,27,28,29). The third-order valence-electron chi connectivity index (χ3n) is 5.29. The Balaban J connectivity index is 1.58. The summed E-state index contributed by atoms with van der Waals surface area (Å²) < 4.78 is 0. The van der Waals surface area contributed by atoms with Crippen LogP contribution in [0, 0.1) is 5.92 Å². The van der Waals surface area contributed by atoms with E-state index in [1.165, 1.54) is 11.1 Å². The zero-order valence-electron chi connectivity index (χ0n) is 17.1. The highest BCUT2D eigenvalue weighted by atomic mass is 16.1. The third kappa shape index (κ3) is 4.53. The Morgan fingerprint density at radius 3 is 2.55 bits per heavy atom. The second-order valence-electron chi connectivity index (χ2n) is 8.10. The summed E-state index contributed by atoms with van der Waals surface area (Å²) in [5.41, 5.74) is 6.50. The molecule has 4 rings (SSSR count). The molecule has 4 nitrogen and oxygen atoms in total. The molecule has 0 aliphatic heterocycles. The molecule has 1 heterocycles. The summed E-state index contributed by atoms with van der Waals surface area (Å²) in [7, 11) is 0. The summed E-state index contributed by atoms with van der Waals surface area (Å²) >= 11 is 0. The number of anilines is 1. The predicted molar refractivity (Wildman–Crippen MR) is 117 cm³/mol. The normalized spacial score (nSPS) is 12.4. The van der Waals surface area contributed by atoms with Crippen molar-refractivity contribution in [2.75, 3.05) is 5.32 Å². The number of hydrogen-bond acceptors (Lipinski definition) is 3. The van der Waals surface area contributed by atoms with E-state index in [9.17, 15) is 4.79 Å². The quantitative estimate of drug-likeness (QED) is 0.649. The topological polar surface area (TPSA) is 54.9 Å². The van der Waals surface area contributed by atoms with Gasteiger partial charge in [0.25, 0.3) is 0 Å². The Hall–Kier alpha value is -3.01. The number of fused-ring (bicyclic) bond motifs is 3. The molecule has 0 radical (unpaired) electrons. The van der Waals surface area contributed by atoms with Crippen molar-refractivity contribution in [2.45, 2.75) is 46.0 Å². The van der Waals surface area contributed by atoms with E-state index in [1.54, 1.807) is 0 Å². The Morgan fingerprint density at radius 1 is 1.00 bits per heavy atom. The SMILES string of the molecule is CC(C)Cc1nc2c(nc1NC(=O)CCc1ccccc1)CCc1ccccc1-2. The number of hydrogen-bond donors (Lipinski definition) is 1. The molecule has 0 saturated heterocycles. The van der Waals surface area contributed by atoms with Crippen LogP contribution in [0.2, 0.25) is 0 Å². The third-order valence-corrected chi connectivity index (χ3v) is 5.29. The molecule has 0 spiro atoms. The number of nitrogens with one attached hydrogen (secondary N) is 1. The largest absolute Gasteiger partial charge is 0.309 e. The van der Waals surface area contributed by atoms with E-state index in [2.05, 4.69) is 43.4 Å². The van der Waals surface area contributed by atoms with Crippen molar-refractivity contribution < 1.29 is 4.79 Å². The van der Waals surface area contributed by atoms with Gasteiger partial charge in [0.05, 0.1) is 17.1 Å². The van der Waals surface area contributed by atoms with E-state index < -0.39 is 0 Å². The van der Waals surface area contributed by atoms with Gasteiger partial charge in [-0.1, -0.05) is 68.4 Å². The molecule has 1 aliphatic rings. The minimum absolute atomic E-state index is 0.00989. The number of aromatic nitrogens is 2. The van der Waals surface area contributed by atoms with Gasteiger partial charge in [-0.3, -0.25) is 4.79 Å². The van der Waals surface area contributed by atoms with Gasteiger partial charge in [0, 0.05) is 12.0 Å². The molecule has 0 unspecified atom stereocenters. The fourth-order valence-electron chi connectivity index (χ4n) is 3.84. The monoisotopic (exact) mass is 385 g/mol. The van der Waals surface area contributed by atoms with Crippen LogP contribution in [0.4, 0.5) is 5.82 Å². The maximum atomic E-state index is 12.6. The predicted octanol–water partition coefficient (Wildman–Crippen LogP) is 5.01. The summed E-state index contributed by atoms with van der Waals surface area (Å²) in [6.07, 6.45) is 3.76. The molecular weight excluding hydrogens is 358 g/mol. The smallest absolute Gasteiger partial charge is 0.225 e. The van der Waals surface area contributed by atoms with Gasteiger partial charge in [0.2, 0.25) is 5.91 Å². The number of nitrogens with zero attached hydrogens (tertiary/aromatic N) is 2. The first kappa shape index (κ1) is 19.3. The van der Waals surface area contributed by atoms with Crippen LogP contribution in [0.3, 0.4) is 0 Å². The summed E-state index contributed by atoms with van der Waals surface area (Å²) in [6, 6.07) is 18.5. The van der Waals surface area contributed by atoms with E-state index >= 15 is 0 Å². The lowest BCUT2D eigenvalue weighted by Crippen LogP contribution is -2.19. The number of aryl methyl sites for hydroxylation is 3. The van der Waals surface area contributed by atoms with E-state index in [-0.39, 0.29) is 5.91 Å². The number of carbonyl (C=O) groups excluding carboxylic acids is 1. The molecule has 148 valence electrons. The molecule has 4 heteroatoms. The fraction of sp³-hybridized carbons (Fsp3) is 0.320. The molecule has 0 bridgehead atoms. The van der Waals surface area contributed by atoms with Crippen LogP contribution >= 0.6 is 0 Å². The Bertz CT molecular complexity index is 1010. The van der Waals surface area contributed by atoms with E-state index in [1.807, 2.05) is 30.3 Å². The highest BCUT2D eigenvalue weighted by molar-refractivity contribution is 5.90. The van der Waals surface area contributed by atoms with Crippen LogP contribution in [-0.2, 0) is 30.5 Å². The molecule has 0 atom stereocenters. The van der Waals surface area contributed by atoms with Crippen LogP contribution < -0.4 is 5.32 Å². The van der Waals surface area contributed by atoms with E-state index in [4.69, 9.17) is 9.97 Å². The minimum Gasteiger partial charge on any atom is -0.309 e. The second-order valence-corrected chi connectivity index (χ2v) is 8.10. The summed E-state index contributed by atoms with van der Waals surface area (Å²) in [5.74, 6) is 1.06. The Labute approximate surface area is 172 Å². The number of benzene rings is 2. The molecule has 0 saturated carbocycles. The van der Waals surface area contributed by atoms with Gasteiger partial charge in [-0.25, -0.2) is 9.97 Å². The number of amides is 1. The molecular formula is C25H27N3O. The summed E-state index contributed by atoms with van der Waals surface area (Å²) in [6.45, 7) is 4.33. The maximum Gasteiger partial charge on any atom is 0.225 e. The highest BCUT2D eigenvalue weighted by Crippen LogP contribution is 2.33. The van der Waals surface area contributed by atoms with Gasteiger partial charge in [0.1, 0.15) is 0 Å². The van der Waals surface area contributed by atoms with Crippen LogP contribution in [0.25, 0.3) is 11.3 Å². The number of carbonyl (C=O) groups is 1. The fourth-order valence-corrected chi connectivity index (χ4v) is 3.84.